The maximum Gasteiger partial charge on any atom is 0.274 e. The van der Waals surface area contributed by atoms with Crippen molar-refractivity contribution >= 4 is 29.0 Å². The highest BCUT2D eigenvalue weighted by molar-refractivity contribution is 6.31. The molecule has 0 atom stereocenters. The number of nitrogens with zero attached hydrogens (tertiary/aromatic N) is 4. The summed E-state index contributed by atoms with van der Waals surface area (Å²) >= 11 is 6.11. The fourth-order valence-corrected chi connectivity index (χ4v) is 2.69. The molecule has 0 unspecified atom stereocenters. The van der Waals surface area contributed by atoms with Crippen LogP contribution in [-0.4, -0.2) is 34.5 Å². The van der Waals surface area contributed by atoms with Gasteiger partial charge >= 0.3 is 0 Å². The summed E-state index contributed by atoms with van der Waals surface area (Å²) in [4.78, 5) is 26.9. The smallest absolute Gasteiger partial charge is 0.274 e. The monoisotopic (exact) mass is 381 g/mol. The second kappa shape index (κ2) is 8.60. The standard InChI is InChI=1S/C20H20ClN5O/c1-14-3-4-16(11-17(14)21)25-20(27)18-12-19(24-13-23-18)26(2)10-7-15-5-8-22-9-6-15/h3-6,8-9,11-13H,7,10H2,1-2H3,(H,25,27). The average Bonchev–Trinajstić information content (AvgIpc) is 2.70. The van der Waals surface area contributed by atoms with Crippen LogP contribution in [0, 0.1) is 6.92 Å². The molecule has 0 radical (unpaired) electrons. The summed E-state index contributed by atoms with van der Waals surface area (Å²) < 4.78 is 0. The second-order valence-corrected chi connectivity index (χ2v) is 6.61. The number of halogens is 1. The fourth-order valence-electron chi connectivity index (χ4n) is 2.51. The Morgan fingerprint density at radius 1 is 1.15 bits per heavy atom. The number of hydrogen-bond acceptors (Lipinski definition) is 5. The number of aryl methyl sites for hydroxylation is 1. The largest absolute Gasteiger partial charge is 0.359 e. The number of benzene rings is 1. The van der Waals surface area contributed by atoms with Gasteiger partial charge in [0.15, 0.2) is 0 Å². The van der Waals surface area contributed by atoms with Crippen molar-refractivity contribution in [2.75, 3.05) is 23.8 Å². The van der Waals surface area contributed by atoms with Gasteiger partial charge < -0.3 is 10.2 Å². The predicted molar refractivity (Wildman–Crippen MR) is 107 cm³/mol. The van der Waals surface area contributed by atoms with Crippen LogP contribution in [0.1, 0.15) is 21.6 Å². The molecule has 0 bridgehead atoms. The first kappa shape index (κ1) is 18.8. The molecule has 0 aliphatic carbocycles. The molecule has 138 valence electrons. The van der Waals surface area contributed by atoms with Crippen LogP contribution < -0.4 is 10.2 Å². The lowest BCUT2D eigenvalue weighted by atomic mass is 10.2. The Kier molecular flexibility index (Phi) is 5.98. The molecule has 0 spiro atoms. The zero-order valence-corrected chi connectivity index (χ0v) is 15.9. The second-order valence-electron chi connectivity index (χ2n) is 6.21. The lowest BCUT2D eigenvalue weighted by Crippen LogP contribution is -2.23. The lowest BCUT2D eigenvalue weighted by Gasteiger charge is -2.18. The molecule has 0 saturated carbocycles. The van der Waals surface area contributed by atoms with Crippen molar-refractivity contribution in [3.05, 3.63) is 77.0 Å². The van der Waals surface area contributed by atoms with Crippen LogP contribution >= 0.6 is 11.6 Å². The Bertz CT molecular complexity index is 933. The summed E-state index contributed by atoms with van der Waals surface area (Å²) in [6.07, 6.45) is 5.81. The highest BCUT2D eigenvalue weighted by Gasteiger charge is 2.12. The minimum atomic E-state index is -0.305. The van der Waals surface area contributed by atoms with E-state index >= 15 is 0 Å². The third-order valence-corrected chi connectivity index (χ3v) is 4.60. The van der Waals surface area contributed by atoms with Gasteiger partial charge in [-0.25, -0.2) is 9.97 Å². The Labute approximate surface area is 163 Å². The number of rotatable bonds is 6. The lowest BCUT2D eigenvalue weighted by molar-refractivity contribution is 0.102. The third-order valence-electron chi connectivity index (χ3n) is 4.19. The van der Waals surface area contributed by atoms with Crippen LogP contribution in [0.25, 0.3) is 0 Å². The van der Waals surface area contributed by atoms with Gasteiger partial charge in [-0.2, -0.15) is 0 Å². The van der Waals surface area contributed by atoms with Gasteiger partial charge in [-0.05, 0) is 48.7 Å². The minimum absolute atomic E-state index is 0.299. The summed E-state index contributed by atoms with van der Waals surface area (Å²) in [5, 5.41) is 3.41. The molecule has 1 N–H and O–H groups in total. The molecular weight excluding hydrogens is 362 g/mol. The van der Waals surface area contributed by atoms with E-state index in [0.29, 0.717) is 22.2 Å². The van der Waals surface area contributed by atoms with Crippen molar-refractivity contribution in [1.29, 1.82) is 0 Å². The van der Waals surface area contributed by atoms with Crippen LogP contribution in [0.4, 0.5) is 11.5 Å². The van der Waals surface area contributed by atoms with Crippen molar-refractivity contribution in [2.24, 2.45) is 0 Å². The molecule has 0 aliphatic rings. The number of aromatic nitrogens is 3. The van der Waals surface area contributed by atoms with E-state index in [1.807, 2.05) is 43.1 Å². The zero-order chi connectivity index (χ0) is 19.2. The third kappa shape index (κ3) is 5.01. The molecular formula is C20H20ClN5O. The average molecular weight is 382 g/mol. The molecule has 2 heterocycles. The Morgan fingerprint density at radius 2 is 1.93 bits per heavy atom. The van der Waals surface area contributed by atoms with Crippen molar-refractivity contribution in [3.8, 4) is 0 Å². The molecule has 1 amide bonds. The number of carbonyl (C=O) groups is 1. The van der Waals surface area contributed by atoms with Crippen molar-refractivity contribution in [3.63, 3.8) is 0 Å². The van der Waals surface area contributed by atoms with Gasteiger partial charge in [0, 0.05) is 42.8 Å². The number of pyridine rings is 1. The van der Waals surface area contributed by atoms with E-state index < -0.39 is 0 Å². The highest BCUT2D eigenvalue weighted by Crippen LogP contribution is 2.20. The number of likely N-dealkylation sites (N-methyl/N-ethyl adjacent to an activating group) is 1. The number of nitrogens with one attached hydrogen (secondary N) is 1. The molecule has 3 rings (SSSR count). The van der Waals surface area contributed by atoms with Gasteiger partial charge in [0.05, 0.1) is 0 Å². The molecule has 27 heavy (non-hydrogen) atoms. The van der Waals surface area contributed by atoms with Crippen molar-refractivity contribution < 1.29 is 4.79 Å². The molecule has 0 aliphatic heterocycles. The topological polar surface area (TPSA) is 71.0 Å². The van der Waals surface area contributed by atoms with Crippen LogP contribution in [0.2, 0.25) is 5.02 Å². The van der Waals surface area contributed by atoms with E-state index in [-0.39, 0.29) is 5.91 Å². The van der Waals surface area contributed by atoms with Gasteiger partial charge in [0.25, 0.3) is 5.91 Å². The number of anilines is 2. The number of carbonyl (C=O) groups excluding carboxylic acids is 1. The van der Waals surface area contributed by atoms with Crippen LogP contribution in [0.3, 0.4) is 0 Å². The van der Waals surface area contributed by atoms with E-state index in [9.17, 15) is 4.79 Å². The maximum atomic E-state index is 12.5. The molecule has 0 saturated heterocycles. The fraction of sp³-hybridized carbons (Fsp3) is 0.200. The molecule has 1 aromatic carbocycles. The first-order valence-electron chi connectivity index (χ1n) is 8.52. The summed E-state index contributed by atoms with van der Waals surface area (Å²) in [5.74, 6) is 0.382. The van der Waals surface area contributed by atoms with Crippen molar-refractivity contribution in [1.82, 2.24) is 15.0 Å². The number of hydrogen-bond donors (Lipinski definition) is 1. The summed E-state index contributed by atoms with van der Waals surface area (Å²) in [7, 11) is 1.94. The van der Waals surface area contributed by atoms with Gasteiger partial charge in [0.2, 0.25) is 0 Å². The van der Waals surface area contributed by atoms with Crippen LogP contribution in [-0.2, 0) is 6.42 Å². The van der Waals surface area contributed by atoms with Gasteiger partial charge in [-0.3, -0.25) is 9.78 Å². The first-order chi connectivity index (χ1) is 13.0. The Morgan fingerprint density at radius 3 is 2.67 bits per heavy atom. The first-order valence-corrected chi connectivity index (χ1v) is 8.90. The van der Waals surface area contributed by atoms with E-state index in [4.69, 9.17) is 11.6 Å². The van der Waals surface area contributed by atoms with Crippen LogP contribution in [0.5, 0.6) is 0 Å². The van der Waals surface area contributed by atoms with Gasteiger partial charge in [-0.1, -0.05) is 17.7 Å². The van der Waals surface area contributed by atoms with E-state index in [2.05, 4.69) is 20.3 Å². The Hall–Kier alpha value is -2.99. The summed E-state index contributed by atoms with van der Waals surface area (Å²) in [6, 6.07) is 11.0. The summed E-state index contributed by atoms with van der Waals surface area (Å²) in [6.45, 7) is 2.67. The molecule has 7 heteroatoms. The summed E-state index contributed by atoms with van der Waals surface area (Å²) in [5.41, 5.74) is 3.07. The van der Waals surface area contributed by atoms with Gasteiger partial charge in [-0.15, -0.1) is 0 Å². The quantitative estimate of drug-likeness (QED) is 0.703. The molecule has 2 aromatic heterocycles. The van der Waals surface area contributed by atoms with E-state index in [0.717, 1.165) is 18.5 Å². The van der Waals surface area contributed by atoms with Gasteiger partial charge in [0.1, 0.15) is 17.8 Å². The van der Waals surface area contributed by atoms with E-state index in [1.54, 1.807) is 24.5 Å². The molecule has 0 fully saturated rings. The van der Waals surface area contributed by atoms with Crippen LogP contribution in [0.15, 0.2) is 55.1 Å². The zero-order valence-electron chi connectivity index (χ0n) is 15.2. The number of amides is 1. The van der Waals surface area contributed by atoms with E-state index in [1.165, 1.54) is 11.9 Å². The maximum absolute atomic E-state index is 12.5. The molecule has 6 nitrogen and oxygen atoms in total. The molecule has 3 aromatic rings. The predicted octanol–water partition coefficient (Wildman–Crippen LogP) is 3.76. The minimum Gasteiger partial charge on any atom is -0.359 e. The highest BCUT2D eigenvalue weighted by atomic mass is 35.5. The SMILES string of the molecule is Cc1ccc(NC(=O)c2cc(N(C)CCc3ccncc3)ncn2)cc1Cl. The van der Waals surface area contributed by atoms with Crippen molar-refractivity contribution in [2.45, 2.75) is 13.3 Å². The normalized spacial score (nSPS) is 10.5. The Balaban J connectivity index is 1.66.